The van der Waals surface area contributed by atoms with E-state index < -0.39 is 6.04 Å². The van der Waals surface area contributed by atoms with Crippen molar-refractivity contribution < 1.29 is 9.59 Å². The van der Waals surface area contributed by atoms with Crippen LogP contribution in [0.3, 0.4) is 0 Å². The number of carbonyl (C=O) groups excluding carboxylic acids is 2. The zero-order chi connectivity index (χ0) is 16.2. The van der Waals surface area contributed by atoms with Crippen LogP contribution in [0.15, 0.2) is 54.6 Å². The smallest absolute Gasteiger partial charge is 0.325 e. The molecule has 0 saturated carbocycles. The zero-order valence-corrected chi connectivity index (χ0v) is 13.3. The minimum Gasteiger partial charge on any atom is -0.326 e. The Bertz CT molecular complexity index is 701. The Balaban J connectivity index is 1.62. The highest BCUT2D eigenvalue weighted by molar-refractivity contribution is 6.30. The van der Waals surface area contributed by atoms with Crippen LogP contribution < -0.4 is 5.32 Å². The summed E-state index contributed by atoms with van der Waals surface area (Å²) in [6.07, 6.45) is 1.36. The zero-order valence-electron chi connectivity index (χ0n) is 12.5. The molecule has 1 fully saturated rings. The summed E-state index contributed by atoms with van der Waals surface area (Å²) in [5, 5.41) is 3.40. The van der Waals surface area contributed by atoms with E-state index in [0.717, 1.165) is 17.5 Å². The Labute approximate surface area is 140 Å². The van der Waals surface area contributed by atoms with Crippen molar-refractivity contribution in [2.75, 3.05) is 0 Å². The SMILES string of the molecule is O=C1N[C@@H](CCc2ccccc2)C(=O)N1Cc1ccc(Cl)cc1. The van der Waals surface area contributed by atoms with Gasteiger partial charge >= 0.3 is 6.03 Å². The molecule has 0 radical (unpaired) electrons. The van der Waals surface area contributed by atoms with Gasteiger partial charge in [-0.3, -0.25) is 9.69 Å². The molecule has 5 heteroatoms. The van der Waals surface area contributed by atoms with Crippen molar-refractivity contribution in [2.45, 2.75) is 25.4 Å². The number of amides is 3. The van der Waals surface area contributed by atoms with E-state index in [1.54, 1.807) is 12.1 Å². The van der Waals surface area contributed by atoms with E-state index >= 15 is 0 Å². The molecule has 23 heavy (non-hydrogen) atoms. The first-order valence-electron chi connectivity index (χ1n) is 7.54. The molecule has 4 nitrogen and oxygen atoms in total. The number of imide groups is 1. The summed E-state index contributed by atoms with van der Waals surface area (Å²) in [5.74, 6) is -0.166. The van der Waals surface area contributed by atoms with Crippen LogP contribution >= 0.6 is 11.6 Å². The van der Waals surface area contributed by atoms with Crippen LogP contribution in [-0.2, 0) is 17.8 Å². The molecule has 0 bridgehead atoms. The molecule has 3 amide bonds. The van der Waals surface area contributed by atoms with Crippen molar-refractivity contribution >= 4 is 23.5 Å². The summed E-state index contributed by atoms with van der Waals surface area (Å²) in [7, 11) is 0. The molecule has 3 rings (SSSR count). The normalized spacial score (nSPS) is 17.4. The van der Waals surface area contributed by atoms with Gasteiger partial charge < -0.3 is 5.32 Å². The highest BCUT2D eigenvalue weighted by atomic mass is 35.5. The van der Waals surface area contributed by atoms with Crippen molar-refractivity contribution in [3.05, 3.63) is 70.7 Å². The lowest BCUT2D eigenvalue weighted by Gasteiger charge is -2.13. The fraction of sp³-hybridized carbons (Fsp3) is 0.222. The summed E-state index contributed by atoms with van der Waals surface area (Å²) in [5.41, 5.74) is 2.03. The van der Waals surface area contributed by atoms with Crippen LogP contribution in [0.2, 0.25) is 5.02 Å². The summed E-state index contributed by atoms with van der Waals surface area (Å²) < 4.78 is 0. The standard InChI is InChI=1S/C18H17ClN2O2/c19-15-9-6-14(7-10-15)12-21-17(22)16(20-18(21)23)11-8-13-4-2-1-3-5-13/h1-7,9-10,16H,8,11-12H2,(H,20,23)/t16-/m0/s1. The van der Waals surface area contributed by atoms with Gasteiger partial charge in [0.1, 0.15) is 6.04 Å². The minimum atomic E-state index is -0.449. The van der Waals surface area contributed by atoms with Crippen LogP contribution in [0.5, 0.6) is 0 Å². The predicted molar refractivity (Wildman–Crippen MR) is 89.1 cm³/mol. The van der Waals surface area contributed by atoms with Crippen molar-refractivity contribution in [2.24, 2.45) is 0 Å². The first kappa shape index (κ1) is 15.6. The number of hydrogen-bond acceptors (Lipinski definition) is 2. The summed E-state index contributed by atoms with van der Waals surface area (Å²) in [4.78, 5) is 25.7. The monoisotopic (exact) mass is 328 g/mol. The largest absolute Gasteiger partial charge is 0.326 e. The van der Waals surface area contributed by atoms with Crippen LogP contribution in [0.4, 0.5) is 4.79 Å². The number of nitrogens with one attached hydrogen (secondary N) is 1. The maximum Gasteiger partial charge on any atom is 0.325 e. The summed E-state index contributed by atoms with van der Waals surface area (Å²) >= 11 is 5.85. The topological polar surface area (TPSA) is 49.4 Å². The van der Waals surface area contributed by atoms with Gasteiger partial charge in [-0.15, -0.1) is 0 Å². The molecule has 1 aliphatic rings. The molecular weight excluding hydrogens is 312 g/mol. The number of benzene rings is 2. The molecule has 0 aliphatic carbocycles. The minimum absolute atomic E-state index is 0.166. The highest BCUT2D eigenvalue weighted by Crippen LogP contribution is 2.17. The number of aryl methyl sites for hydroxylation is 1. The van der Waals surface area contributed by atoms with Crippen molar-refractivity contribution in [3.63, 3.8) is 0 Å². The molecule has 1 saturated heterocycles. The number of hydrogen-bond donors (Lipinski definition) is 1. The maximum atomic E-state index is 12.4. The Hall–Kier alpha value is -2.33. The molecule has 2 aromatic carbocycles. The number of halogens is 1. The second-order valence-electron chi connectivity index (χ2n) is 5.58. The number of urea groups is 1. The van der Waals surface area contributed by atoms with Gasteiger partial charge in [-0.25, -0.2) is 4.79 Å². The molecule has 1 atom stereocenters. The van der Waals surface area contributed by atoms with E-state index in [1.165, 1.54) is 4.90 Å². The van der Waals surface area contributed by atoms with Gasteiger partial charge in [0.25, 0.3) is 5.91 Å². The Kier molecular flexibility index (Phi) is 4.63. The van der Waals surface area contributed by atoms with Gasteiger partial charge in [-0.05, 0) is 36.1 Å². The van der Waals surface area contributed by atoms with Gasteiger partial charge in [0.2, 0.25) is 0 Å². The molecular formula is C18H17ClN2O2. The average Bonchev–Trinajstić information content (AvgIpc) is 2.83. The van der Waals surface area contributed by atoms with Gasteiger partial charge in [0, 0.05) is 5.02 Å². The number of carbonyl (C=O) groups is 2. The van der Waals surface area contributed by atoms with E-state index in [0.29, 0.717) is 11.4 Å². The summed E-state index contributed by atoms with van der Waals surface area (Å²) in [6.45, 7) is 0.268. The van der Waals surface area contributed by atoms with Gasteiger partial charge in [-0.2, -0.15) is 0 Å². The fourth-order valence-electron chi connectivity index (χ4n) is 2.65. The van der Waals surface area contributed by atoms with Crippen molar-refractivity contribution in [1.82, 2.24) is 10.2 Å². The first-order valence-corrected chi connectivity index (χ1v) is 7.91. The summed E-state index contributed by atoms with van der Waals surface area (Å²) in [6, 6.07) is 16.3. The third kappa shape index (κ3) is 3.71. The average molecular weight is 329 g/mol. The number of nitrogens with zero attached hydrogens (tertiary/aromatic N) is 1. The Morgan fingerprint density at radius 1 is 0.957 bits per heavy atom. The van der Waals surface area contributed by atoms with Crippen molar-refractivity contribution in [1.29, 1.82) is 0 Å². The molecule has 1 aliphatic heterocycles. The van der Waals surface area contributed by atoms with Gasteiger partial charge in [0.05, 0.1) is 6.54 Å². The van der Waals surface area contributed by atoms with Gasteiger partial charge in [0.15, 0.2) is 0 Å². The second kappa shape index (κ2) is 6.84. The molecule has 2 aromatic rings. The second-order valence-corrected chi connectivity index (χ2v) is 6.01. The van der Waals surface area contributed by atoms with E-state index in [1.807, 2.05) is 42.5 Å². The molecule has 0 unspecified atom stereocenters. The molecule has 0 spiro atoms. The lowest BCUT2D eigenvalue weighted by Crippen LogP contribution is -2.31. The molecule has 1 heterocycles. The first-order chi connectivity index (χ1) is 11.1. The Morgan fingerprint density at radius 2 is 1.65 bits per heavy atom. The predicted octanol–water partition coefficient (Wildman–Crippen LogP) is 3.39. The van der Waals surface area contributed by atoms with Gasteiger partial charge in [-0.1, -0.05) is 54.1 Å². The highest BCUT2D eigenvalue weighted by Gasteiger charge is 2.37. The van der Waals surface area contributed by atoms with Crippen LogP contribution in [0.25, 0.3) is 0 Å². The lowest BCUT2D eigenvalue weighted by atomic mass is 10.1. The van der Waals surface area contributed by atoms with Crippen LogP contribution in [0.1, 0.15) is 17.5 Å². The van der Waals surface area contributed by atoms with Crippen molar-refractivity contribution in [3.8, 4) is 0 Å². The fourth-order valence-corrected chi connectivity index (χ4v) is 2.78. The van der Waals surface area contributed by atoms with Crippen LogP contribution in [0, 0.1) is 0 Å². The maximum absolute atomic E-state index is 12.4. The van der Waals surface area contributed by atoms with E-state index in [2.05, 4.69) is 5.32 Å². The molecule has 0 aromatic heterocycles. The third-order valence-electron chi connectivity index (χ3n) is 3.93. The third-order valence-corrected chi connectivity index (χ3v) is 4.18. The lowest BCUT2D eigenvalue weighted by molar-refractivity contribution is -0.128. The molecule has 1 N–H and O–H groups in total. The number of rotatable bonds is 5. The van der Waals surface area contributed by atoms with Crippen LogP contribution in [-0.4, -0.2) is 22.9 Å². The van der Waals surface area contributed by atoms with E-state index in [4.69, 9.17) is 11.6 Å². The Morgan fingerprint density at radius 3 is 2.35 bits per heavy atom. The van der Waals surface area contributed by atoms with E-state index in [9.17, 15) is 9.59 Å². The van der Waals surface area contributed by atoms with E-state index in [-0.39, 0.29) is 18.5 Å². The molecule has 118 valence electrons. The quantitative estimate of drug-likeness (QED) is 0.855.